The molecular weight excluding hydrogens is 179 g/mol. The fraction of sp³-hybridized carbons (Fsp3) is 1.00. The highest BCUT2D eigenvalue weighted by atomic mass is 19.1. The van der Waals surface area contributed by atoms with Crippen LogP contribution in [0.3, 0.4) is 0 Å². The molecule has 0 saturated carbocycles. The Balaban J connectivity index is 0. The molecule has 3 heteroatoms. The van der Waals surface area contributed by atoms with Crippen molar-refractivity contribution in [2.75, 3.05) is 46.9 Å². The molecular formula is C11H27FN2. The van der Waals surface area contributed by atoms with E-state index >= 15 is 0 Å². The Hall–Kier alpha value is -0.150. The second-order valence-corrected chi connectivity index (χ2v) is 3.24. The van der Waals surface area contributed by atoms with Gasteiger partial charge >= 0.3 is 0 Å². The molecule has 0 fully saturated rings. The minimum atomic E-state index is -0.236. The molecule has 0 spiro atoms. The van der Waals surface area contributed by atoms with E-state index in [1.54, 1.807) is 0 Å². The second-order valence-electron chi connectivity index (χ2n) is 3.24. The molecule has 0 aromatic heterocycles. The average molecular weight is 206 g/mol. The van der Waals surface area contributed by atoms with Crippen molar-refractivity contribution in [3.8, 4) is 0 Å². The number of hydrogen-bond donors (Lipinski definition) is 0. The normalized spacial score (nSPS) is 10.3. The molecule has 0 aromatic carbocycles. The van der Waals surface area contributed by atoms with Crippen LogP contribution in [0.15, 0.2) is 0 Å². The Morgan fingerprint density at radius 2 is 1.43 bits per heavy atom. The van der Waals surface area contributed by atoms with Gasteiger partial charge in [-0.05, 0) is 40.2 Å². The molecule has 0 aliphatic carbocycles. The molecule has 0 aromatic rings. The topological polar surface area (TPSA) is 6.48 Å². The smallest absolute Gasteiger partial charge is 0.102 e. The van der Waals surface area contributed by atoms with Crippen molar-refractivity contribution in [1.82, 2.24) is 9.80 Å². The van der Waals surface area contributed by atoms with Crippen LogP contribution in [0.25, 0.3) is 0 Å². The van der Waals surface area contributed by atoms with E-state index in [-0.39, 0.29) is 6.67 Å². The number of alkyl halides is 1. The van der Waals surface area contributed by atoms with Gasteiger partial charge in [0.2, 0.25) is 0 Å². The fourth-order valence-corrected chi connectivity index (χ4v) is 1.02. The van der Waals surface area contributed by atoms with Crippen LogP contribution in [0.5, 0.6) is 0 Å². The van der Waals surface area contributed by atoms with E-state index in [2.05, 4.69) is 18.9 Å². The summed E-state index contributed by atoms with van der Waals surface area (Å²) >= 11 is 0. The lowest BCUT2D eigenvalue weighted by Gasteiger charge is -2.17. The Kier molecular flexibility index (Phi) is 14.9. The monoisotopic (exact) mass is 206 g/mol. The zero-order valence-corrected chi connectivity index (χ0v) is 10.5. The first-order valence-electron chi connectivity index (χ1n) is 5.63. The van der Waals surface area contributed by atoms with Gasteiger partial charge in [-0.3, -0.25) is 0 Å². The van der Waals surface area contributed by atoms with Crippen LogP contribution < -0.4 is 0 Å². The van der Waals surface area contributed by atoms with Crippen LogP contribution in [0, 0.1) is 0 Å². The number of nitrogens with zero attached hydrogens (tertiary/aromatic N) is 2. The van der Waals surface area contributed by atoms with Gasteiger partial charge < -0.3 is 9.80 Å². The van der Waals surface area contributed by atoms with Crippen molar-refractivity contribution in [1.29, 1.82) is 0 Å². The highest BCUT2D eigenvalue weighted by Crippen LogP contribution is 1.90. The minimum absolute atomic E-state index is 0.236. The average Bonchev–Trinajstić information content (AvgIpc) is 2.21. The molecule has 88 valence electrons. The molecule has 0 bridgehead atoms. The summed E-state index contributed by atoms with van der Waals surface area (Å²) in [7, 11) is 4.07. The largest absolute Gasteiger partial charge is 0.307 e. The molecule has 0 N–H and O–H groups in total. The van der Waals surface area contributed by atoms with Gasteiger partial charge in [0.15, 0.2) is 0 Å². The molecule has 2 nitrogen and oxygen atoms in total. The van der Waals surface area contributed by atoms with Crippen LogP contribution in [0.2, 0.25) is 0 Å². The van der Waals surface area contributed by atoms with Gasteiger partial charge in [-0.25, -0.2) is 4.39 Å². The standard InChI is InChI=1S/C9H21FN2.C2H6/c1-4-11(2)7-5-8-12(3)9-6-10;1-2/h4-9H2,1-3H3;1-2H3. The summed E-state index contributed by atoms with van der Waals surface area (Å²) in [5.74, 6) is 0. The van der Waals surface area contributed by atoms with Crippen molar-refractivity contribution >= 4 is 0 Å². The van der Waals surface area contributed by atoms with Gasteiger partial charge in [0.05, 0.1) is 0 Å². The molecule has 0 aliphatic heterocycles. The first-order chi connectivity index (χ1) is 6.70. The van der Waals surface area contributed by atoms with Crippen molar-refractivity contribution in [2.45, 2.75) is 27.2 Å². The third-order valence-corrected chi connectivity index (χ3v) is 2.09. The number of rotatable bonds is 7. The zero-order chi connectivity index (χ0) is 11.4. The van der Waals surface area contributed by atoms with Gasteiger partial charge in [-0.15, -0.1) is 0 Å². The van der Waals surface area contributed by atoms with E-state index in [0.29, 0.717) is 6.54 Å². The van der Waals surface area contributed by atoms with Gasteiger partial charge in [0, 0.05) is 6.54 Å². The molecule has 0 aliphatic rings. The quantitative estimate of drug-likeness (QED) is 0.630. The third kappa shape index (κ3) is 11.8. The molecule has 0 radical (unpaired) electrons. The van der Waals surface area contributed by atoms with Gasteiger partial charge in [0.1, 0.15) is 6.67 Å². The van der Waals surface area contributed by atoms with Crippen LogP contribution in [-0.4, -0.2) is 56.7 Å². The summed E-state index contributed by atoms with van der Waals surface area (Å²) in [4.78, 5) is 4.30. The first kappa shape index (κ1) is 16.3. The summed E-state index contributed by atoms with van der Waals surface area (Å²) in [6, 6.07) is 0. The summed E-state index contributed by atoms with van der Waals surface area (Å²) in [6.45, 7) is 9.66. The molecule has 0 unspecified atom stereocenters. The Bertz CT molecular complexity index is 99.3. The molecule has 0 saturated heterocycles. The second kappa shape index (κ2) is 12.8. The van der Waals surface area contributed by atoms with Crippen molar-refractivity contribution in [3.63, 3.8) is 0 Å². The van der Waals surface area contributed by atoms with E-state index in [1.165, 1.54) is 0 Å². The Labute approximate surface area is 89.1 Å². The zero-order valence-electron chi connectivity index (χ0n) is 10.5. The predicted molar refractivity (Wildman–Crippen MR) is 62.6 cm³/mol. The van der Waals surface area contributed by atoms with E-state index in [0.717, 1.165) is 26.1 Å². The fourth-order valence-electron chi connectivity index (χ4n) is 1.02. The van der Waals surface area contributed by atoms with Crippen LogP contribution >= 0.6 is 0 Å². The molecule has 0 rings (SSSR count). The van der Waals surface area contributed by atoms with Crippen LogP contribution in [0.1, 0.15) is 27.2 Å². The highest BCUT2D eigenvalue weighted by molar-refractivity contribution is 4.53. The highest BCUT2D eigenvalue weighted by Gasteiger charge is 1.98. The minimum Gasteiger partial charge on any atom is -0.307 e. The number of hydrogen-bond acceptors (Lipinski definition) is 2. The van der Waals surface area contributed by atoms with Crippen molar-refractivity contribution in [3.05, 3.63) is 0 Å². The summed E-state index contributed by atoms with van der Waals surface area (Å²) in [5.41, 5.74) is 0. The lowest BCUT2D eigenvalue weighted by atomic mass is 10.3. The molecule has 0 atom stereocenters. The maximum absolute atomic E-state index is 11.8. The molecule has 0 amide bonds. The lowest BCUT2D eigenvalue weighted by molar-refractivity contribution is 0.266. The van der Waals surface area contributed by atoms with E-state index in [9.17, 15) is 4.39 Å². The van der Waals surface area contributed by atoms with Crippen molar-refractivity contribution < 1.29 is 4.39 Å². The van der Waals surface area contributed by atoms with E-state index < -0.39 is 0 Å². The Morgan fingerprint density at radius 3 is 1.86 bits per heavy atom. The summed E-state index contributed by atoms with van der Waals surface area (Å²) in [5, 5.41) is 0. The SMILES string of the molecule is CC.CCN(C)CCCN(C)CCF. The molecule has 14 heavy (non-hydrogen) atoms. The Morgan fingerprint density at radius 1 is 0.929 bits per heavy atom. The predicted octanol–water partition coefficient (Wildman–Crippen LogP) is 2.26. The summed E-state index contributed by atoms with van der Waals surface area (Å²) in [6.07, 6.45) is 1.13. The van der Waals surface area contributed by atoms with E-state index in [1.807, 2.05) is 25.8 Å². The van der Waals surface area contributed by atoms with E-state index in [4.69, 9.17) is 0 Å². The first-order valence-corrected chi connectivity index (χ1v) is 5.63. The van der Waals surface area contributed by atoms with Crippen LogP contribution in [-0.2, 0) is 0 Å². The van der Waals surface area contributed by atoms with Gasteiger partial charge in [0.25, 0.3) is 0 Å². The van der Waals surface area contributed by atoms with Crippen molar-refractivity contribution in [2.24, 2.45) is 0 Å². The molecule has 0 heterocycles. The van der Waals surface area contributed by atoms with Gasteiger partial charge in [-0.2, -0.15) is 0 Å². The number of halogens is 1. The van der Waals surface area contributed by atoms with Gasteiger partial charge in [-0.1, -0.05) is 20.8 Å². The maximum atomic E-state index is 11.8. The van der Waals surface area contributed by atoms with Crippen LogP contribution in [0.4, 0.5) is 4.39 Å². The summed E-state index contributed by atoms with van der Waals surface area (Å²) < 4.78 is 11.8. The maximum Gasteiger partial charge on any atom is 0.102 e. The third-order valence-electron chi connectivity index (χ3n) is 2.09. The lowest BCUT2D eigenvalue weighted by Crippen LogP contribution is -2.26.